The first-order valence-electron chi connectivity index (χ1n) is 5.39. The largest absolute Gasteiger partial charge is 0.303 e. The second-order valence-electron chi connectivity index (χ2n) is 3.81. The van der Waals surface area contributed by atoms with Crippen LogP contribution in [-0.4, -0.2) is 6.54 Å². The van der Waals surface area contributed by atoms with Gasteiger partial charge in [-0.1, -0.05) is 49.8 Å². The van der Waals surface area contributed by atoms with Crippen LogP contribution in [0.2, 0.25) is 0 Å². The fraction of sp³-hybridized carbons (Fsp3) is 0.385. The molecule has 1 nitrogen and oxygen atoms in total. The first-order valence-corrected chi connectivity index (χ1v) is 5.39. The van der Waals surface area contributed by atoms with E-state index in [-0.39, 0.29) is 0 Å². The summed E-state index contributed by atoms with van der Waals surface area (Å²) in [5.74, 6) is 0. The zero-order chi connectivity index (χ0) is 9.80. The summed E-state index contributed by atoms with van der Waals surface area (Å²) in [5, 5.41) is 3.43. The number of nitrogens with one attached hydrogen (secondary N) is 1. The molecular weight excluding hydrogens is 170 g/mol. The zero-order valence-corrected chi connectivity index (χ0v) is 8.66. The first kappa shape index (κ1) is 9.47. The van der Waals surface area contributed by atoms with Crippen molar-refractivity contribution in [2.45, 2.75) is 25.8 Å². The van der Waals surface area contributed by atoms with Crippen LogP contribution in [0.3, 0.4) is 0 Å². The molecule has 1 N–H and O–H groups in total. The third kappa shape index (κ3) is 2.05. The van der Waals surface area contributed by atoms with Gasteiger partial charge < -0.3 is 5.32 Å². The van der Waals surface area contributed by atoms with Gasteiger partial charge in [0.15, 0.2) is 0 Å². The average molecular weight is 187 g/mol. The molecule has 1 unspecified atom stereocenters. The van der Waals surface area contributed by atoms with Crippen molar-refractivity contribution >= 4 is 0 Å². The predicted octanol–water partition coefficient (Wildman–Crippen LogP) is 2.84. The Morgan fingerprint density at radius 3 is 3.07 bits per heavy atom. The van der Waals surface area contributed by atoms with Gasteiger partial charge in [0.25, 0.3) is 0 Å². The Kier molecular flexibility index (Phi) is 3.00. The molecule has 0 bridgehead atoms. The molecule has 1 aliphatic rings. The van der Waals surface area contributed by atoms with Crippen LogP contribution in [-0.2, 0) is 6.42 Å². The topological polar surface area (TPSA) is 12.0 Å². The Bertz CT molecular complexity index is 328. The maximum Gasteiger partial charge on any atom is 0.0509 e. The fourth-order valence-corrected chi connectivity index (χ4v) is 1.93. The Morgan fingerprint density at radius 1 is 1.43 bits per heavy atom. The van der Waals surface area contributed by atoms with Crippen LogP contribution in [0, 0.1) is 0 Å². The number of hydrogen-bond acceptors (Lipinski definition) is 1. The minimum atomic E-state index is 0.437. The Hall–Kier alpha value is -1.08. The van der Waals surface area contributed by atoms with E-state index in [1.54, 1.807) is 0 Å². The molecule has 0 fully saturated rings. The second kappa shape index (κ2) is 4.43. The van der Waals surface area contributed by atoms with Crippen molar-refractivity contribution in [1.29, 1.82) is 0 Å². The highest BCUT2D eigenvalue weighted by atomic mass is 14.9. The third-order valence-corrected chi connectivity index (χ3v) is 2.63. The third-order valence-electron chi connectivity index (χ3n) is 2.63. The van der Waals surface area contributed by atoms with E-state index in [1.807, 2.05) is 0 Å². The summed E-state index contributed by atoms with van der Waals surface area (Å²) >= 11 is 0. The van der Waals surface area contributed by atoms with Crippen molar-refractivity contribution in [1.82, 2.24) is 5.32 Å². The van der Waals surface area contributed by atoms with E-state index < -0.39 is 0 Å². The lowest BCUT2D eigenvalue weighted by molar-refractivity contribution is 0.711. The first-order chi connectivity index (χ1) is 6.90. The summed E-state index contributed by atoms with van der Waals surface area (Å²) in [6, 6.07) is 9.33. The molecule has 0 aliphatic carbocycles. The lowest BCUT2D eigenvalue weighted by Gasteiger charge is -2.10. The SMILES string of the molecule is CCCc1cccc(C2C=CCN2)c1. The molecule has 1 aliphatic heterocycles. The molecule has 0 radical (unpaired) electrons. The average Bonchev–Trinajstić information content (AvgIpc) is 2.71. The number of rotatable bonds is 3. The summed E-state index contributed by atoms with van der Waals surface area (Å²) in [5.41, 5.74) is 2.84. The van der Waals surface area contributed by atoms with E-state index in [9.17, 15) is 0 Å². The van der Waals surface area contributed by atoms with Gasteiger partial charge in [-0.2, -0.15) is 0 Å². The molecular formula is C13H17N. The van der Waals surface area contributed by atoms with Gasteiger partial charge in [-0.25, -0.2) is 0 Å². The van der Waals surface area contributed by atoms with Crippen LogP contribution in [0.25, 0.3) is 0 Å². The van der Waals surface area contributed by atoms with Gasteiger partial charge in [0.1, 0.15) is 0 Å². The molecule has 0 amide bonds. The van der Waals surface area contributed by atoms with Gasteiger partial charge in [0.05, 0.1) is 6.04 Å². The molecule has 1 heterocycles. The zero-order valence-electron chi connectivity index (χ0n) is 8.66. The summed E-state index contributed by atoms with van der Waals surface area (Å²) in [6.07, 6.45) is 6.84. The lowest BCUT2D eigenvalue weighted by Crippen LogP contribution is -2.13. The molecule has 1 aromatic carbocycles. The summed E-state index contributed by atoms with van der Waals surface area (Å²) in [7, 11) is 0. The van der Waals surface area contributed by atoms with Crippen molar-refractivity contribution in [2.24, 2.45) is 0 Å². The standard InChI is InChI=1S/C13H17N/c1-2-5-11-6-3-7-12(10-11)13-8-4-9-14-13/h3-4,6-8,10,13-14H,2,5,9H2,1H3. The van der Waals surface area contributed by atoms with Crippen LogP contribution < -0.4 is 5.32 Å². The van der Waals surface area contributed by atoms with Crippen molar-refractivity contribution in [3.05, 3.63) is 47.5 Å². The summed E-state index contributed by atoms with van der Waals surface area (Å²) in [4.78, 5) is 0. The van der Waals surface area contributed by atoms with Crippen LogP contribution in [0.15, 0.2) is 36.4 Å². The van der Waals surface area contributed by atoms with Crippen molar-refractivity contribution in [3.8, 4) is 0 Å². The van der Waals surface area contributed by atoms with Gasteiger partial charge >= 0.3 is 0 Å². The molecule has 0 saturated heterocycles. The molecule has 74 valence electrons. The van der Waals surface area contributed by atoms with Crippen LogP contribution in [0.4, 0.5) is 0 Å². The van der Waals surface area contributed by atoms with Gasteiger partial charge in [0, 0.05) is 6.54 Å². The maximum atomic E-state index is 3.43. The normalized spacial score (nSPS) is 20.2. The highest BCUT2D eigenvalue weighted by Crippen LogP contribution is 2.19. The van der Waals surface area contributed by atoms with E-state index in [0.717, 1.165) is 6.54 Å². The van der Waals surface area contributed by atoms with Gasteiger partial charge in [-0.3, -0.25) is 0 Å². The Labute approximate surface area is 85.8 Å². The van der Waals surface area contributed by atoms with Gasteiger partial charge in [-0.15, -0.1) is 0 Å². The second-order valence-corrected chi connectivity index (χ2v) is 3.81. The van der Waals surface area contributed by atoms with Crippen molar-refractivity contribution in [3.63, 3.8) is 0 Å². The molecule has 1 aromatic rings. The molecule has 0 spiro atoms. The van der Waals surface area contributed by atoms with E-state index in [1.165, 1.54) is 24.0 Å². The highest BCUT2D eigenvalue weighted by Gasteiger charge is 2.10. The number of aryl methyl sites for hydroxylation is 1. The quantitative estimate of drug-likeness (QED) is 0.717. The minimum absolute atomic E-state index is 0.437. The molecule has 14 heavy (non-hydrogen) atoms. The molecule has 0 saturated carbocycles. The number of hydrogen-bond donors (Lipinski definition) is 1. The minimum Gasteiger partial charge on any atom is -0.303 e. The van der Waals surface area contributed by atoms with Gasteiger partial charge in [-0.05, 0) is 17.5 Å². The van der Waals surface area contributed by atoms with E-state index in [2.05, 4.69) is 48.7 Å². The fourth-order valence-electron chi connectivity index (χ4n) is 1.93. The molecule has 1 heteroatoms. The highest BCUT2D eigenvalue weighted by molar-refractivity contribution is 5.30. The van der Waals surface area contributed by atoms with E-state index >= 15 is 0 Å². The maximum absolute atomic E-state index is 3.43. The van der Waals surface area contributed by atoms with Crippen LogP contribution in [0.5, 0.6) is 0 Å². The molecule has 0 aromatic heterocycles. The number of benzene rings is 1. The Morgan fingerprint density at radius 2 is 2.36 bits per heavy atom. The van der Waals surface area contributed by atoms with Crippen LogP contribution in [0.1, 0.15) is 30.5 Å². The van der Waals surface area contributed by atoms with Gasteiger partial charge in [0.2, 0.25) is 0 Å². The summed E-state index contributed by atoms with van der Waals surface area (Å²) in [6.45, 7) is 3.23. The predicted molar refractivity (Wildman–Crippen MR) is 60.3 cm³/mol. The van der Waals surface area contributed by atoms with Crippen LogP contribution >= 0.6 is 0 Å². The molecule has 2 rings (SSSR count). The lowest BCUT2D eigenvalue weighted by atomic mass is 10.0. The van der Waals surface area contributed by atoms with Crippen molar-refractivity contribution in [2.75, 3.05) is 6.54 Å². The monoisotopic (exact) mass is 187 g/mol. The summed E-state index contributed by atoms with van der Waals surface area (Å²) < 4.78 is 0. The van der Waals surface area contributed by atoms with Crippen molar-refractivity contribution < 1.29 is 0 Å². The smallest absolute Gasteiger partial charge is 0.0509 e. The molecule has 1 atom stereocenters. The van der Waals surface area contributed by atoms with E-state index in [0.29, 0.717) is 6.04 Å². The Balaban J connectivity index is 2.16. The van der Waals surface area contributed by atoms with E-state index in [4.69, 9.17) is 0 Å².